The van der Waals surface area contributed by atoms with Crippen LogP contribution >= 0.6 is 0 Å². The van der Waals surface area contributed by atoms with E-state index in [-0.39, 0.29) is 11.4 Å². The van der Waals surface area contributed by atoms with E-state index in [1.807, 2.05) is 45.0 Å². The highest BCUT2D eigenvalue weighted by atomic mass is 16.5. The Balaban J connectivity index is 2.61. The molecule has 1 N–H and O–H groups in total. The summed E-state index contributed by atoms with van der Waals surface area (Å²) in [5.74, 6) is -0.874. The van der Waals surface area contributed by atoms with Gasteiger partial charge in [0, 0.05) is 5.39 Å². The average Bonchev–Trinajstić information content (AvgIpc) is 2.25. The number of aromatic nitrogens is 1. The fourth-order valence-electron chi connectivity index (χ4n) is 1.62. The van der Waals surface area contributed by atoms with Crippen LogP contribution < -0.4 is 4.74 Å². The zero-order valence-corrected chi connectivity index (χ0v) is 10.6. The standard InChI is InChI=1S/C14H15NO3/c1-14(2,3)18-12-10(13(16)17)8-9-6-4-5-7-11(9)15-12/h4-8H,1-3H3,(H,16,17). The van der Waals surface area contributed by atoms with Crippen LogP contribution in [0.5, 0.6) is 5.88 Å². The van der Waals surface area contributed by atoms with E-state index in [2.05, 4.69) is 4.98 Å². The van der Waals surface area contributed by atoms with Crippen LogP contribution in [-0.4, -0.2) is 21.7 Å². The van der Waals surface area contributed by atoms with Crippen molar-refractivity contribution in [3.63, 3.8) is 0 Å². The molecule has 0 spiro atoms. The van der Waals surface area contributed by atoms with E-state index in [4.69, 9.17) is 4.74 Å². The molecule has 0 bridgehead atoms. The van der Waals surface area contributed by atoms with Gasteiger partial charge in [0.1, 0.15) is 11.2 Å². The van der Waals surface area contributed by atoms with Crippen molar-refractivity contribution >= 4 is 16.9 Å². The Kier molecular flexibility index (Phi) is 2.95. The monoisotopic (exact) mass is 245 g/mol. The van der Waals surface area contributed by atoms with E-state index in [1.165, 1.54) is 0 Å². The molecule has 2 aromatic rings. The number of hydrogen-bond donors (Lipinski definition) is 1. The highest BCUT2D eigenvalue weighted by Crippen LogP contribution is 2.25. The summed E-state index contributed by atoms with van der Waals surface area (Å²) in [6.45, 7) is 5.57. The van der Waals surface area contributed by atoms with Crippen molar-refractivity contribution in [2.75, 3.05) is 0 Å². The molecule has 0 saturated carbocycles. The lowest BCUT2D eigenvalue weighted by Crippen LogP contribution is -2.25. The van der Waals surface area contributed by atoms with Crippen molar-refractivity contribution < 1.29 is 14.6 Å². The lowest BCUT2D eigenvalue weighted by Gasteiger charge is -2.21. The normalized spacial score (nSPS) is 11.5. The van der Waals surface area contributed by atoms with Crippen molar-refractivity contribution in [2.45, 2.75) is 26.4 Å². The van der Waals surface area contributed by atoms with Crippen LogP contribution in [0, 0.1) is 0 Å². The molecule has 0 saturated heterocycles. The van der Waals surface area contributed by atoms with Gasteiger partial charge in [-0.25, -0.2) is 9.78 Å². The molecule has 0 unspecified atom stereocenters. The summed E-state index contributed by atoms with van der Waals surface area (Å²) in [5.41, 5.74) is 0.324. The number of fused-ring (bicyclic) bond motifs is 1. The van der Waals surface area contributed by atoms with Gasteiger partial charge in [0.15, 0.2) is 0 Å². The highest BCUT2D eigenvalue weighted by Gasteiger charge is 2.20. The first-order valence-electron chi connectivity index (χ1n) is 5.69. The minimum absolute atomic E-state index is 0.0867. The van der Waals surface area contributed by atoms with Crippen LogP contribution in [-0.2, 0) is 0 Å². The van der Waals surface area contributed by atoms with E-state index in [1.54, 1.807) is 6.07 Å². The number of aromatic carboxylic acids is 1. The quantitative estimate of drug-likeness (QED) is 0.883. The van der Waals surface area contributed by atoms with Gasteiger partial charge in [-0.1, -0.05) is 18.2 Å². The summed E-state index contributed by atoms with van der Waals surface area (Å²) in [6, 6.07) is 8.95. The Morgan fingerprint density at radius 2 is 1.94 bits per heavy atom. The summed E-state index contributed by atoms with van der Waals surface area (Å²) in [6.07, 6.45) is 0. The van der Waals surface area contributed by atoms with Gasteiger partial charge in [-0.2, -0.15) is 0 Å². The molecule has 94 valence electrons. The van der Waals surface area contributed by atoms with E-state index in [0.29, 0.717) is 0 Å². The van der Waals surface area contributed by atoms with Crippen molar-refractivity contribution in [1.82, 2.24) is 4.98 Å². The van der Waals surface area contributed by atoms with Gasteiger partial charge < -0.3 is 9.84 Å². The summed E-state index contributed by atoms with van der Waals surface area (Å²) in [5, 5.41) is 9.99. The van der Waals surface area contributed by atoms with Crippen LogP contribution in [0.1, 0.15) is 31.1 Å². The molecule has 18 heavy (non-hydrogen) atoms. The minimum Gasteiger partial charge on any atom is -0.477 e. The van der Waals surface area contributed by atoms with Crippen LogP contribution in [0.3, 0.4) is 0 Å². The van der Waals surface area contributed by atoms with Gasteiger partial charge in [0.05, 0.1) is 5.52 Å². The topological polar surface area (TPSA) is 59.4 Å². The number of hydrogen-bond acceptors (Lipinski definition) is 3. The molecule has 1 aromatic carbocycles. The van der Waals surface area contributed by atoms with Crippen molar-refractivity contribution in [1.29, 1.82) is 0 Å². The first-order valence-corrected chi connectivity index (χ1v) is 5.69. The SMILES string of the molecule is CC(C)(C)Oc1nc2ccccc2cc1C(=O)O. The number of benzene rings is 1. The Labute approximate surface area is 105 Å². The number of para-hydroxylation sites is 1. The summed E-state index contributed by atoms with van der Waals surface area (Å²) in [4.78, 5) is 15.5. The van der Waals surface area contributed by atoms with Crippen molar-refractivity contribution in [2.24, 2.45) is 0 Å². The average molecular weight is 245 g/mol. The predicted octanol–water partition coefficient (Wildman–Crippen LogP) is 3.11. The molecule has 4 heteroatoms. The van der Waals surface area contributed by atoms with Crippen LogP contribution in [0.2, 0.25) is 0 Å². The van der Waals surface area contributed by atoms with Gasteiger partial charge in [-0.05, 0) is 32.9 Å². The number of pyridine rings is 1. The maximum Gasteiger partial charge on any atom is 0.341 e. The molecule has 1 heterocycles. The van der Waals surface area contributed by atoms with Crippen LogP contribution in [0.15, 0.2) is 30.3 Å². The predicted molar refractivity (Wildman–Crippen MR) is 69.1 cm³/mol. The fraction of sp³-hybridized carbons (Fsp3) is 0.286. The van der Waals surface area contributed by atoms with Crippen LogP contribution in [0.4, 0.5) is 0 Å². The number of carbonyl (C=O) groups is 1. The lowest BCUT2D eigenvalue weighted by atomic mass is 10.1. The second-order valence-electron chi connectivity index (χ2n) is 5.05. The molecule has 0 aliphatic heterocycles. The molecular formula is C14H15NO3. The molecule has 4 nitrogen and oxygen atoms in total. The largest absolute Gasteiger partial charge is 0.477 e. The zero-order valence-electron chi connectivity index (χ0n) is 10.6. The smallest absolute Gasteiger partial charge is 0.341 e. The molecule has 0 radical (unpaired) electrons. The van der Waals surface area contributed by atoms with Crippen LogP contribution in [0.25, 0.3) is 10.9 Å². The van der Waals surface area contributed by atoms with E-state index < -0.39 is 11.6 Å². The Morgan fingerprint density at radius 1 is 1.28 bits per heavy atom. The Morgan fingerprint density at radius 3 is 2.56 bits per heavy atom. The number of nitrogens with zero attached hydrogens (tertiary/aromatic N) is 1. The molecule has 0 atom stereocenters. The molecular weight excluding hydrogens is 230 g/mol. The molecule has 0 aliphatic carbocycles. The second-order valence-corrected chi connectivity index (χ2v) is 5.05. The molecule has 2 rings (SSSR count). The van der Waals surface area contributed by atoms with E-state index in [0.717, 1.165) is 10.9 Å². The fourth-order valence-corrected chi connectivity index (χ4v) is 1.62. The van der Waals surface area contributed by atoms with Gasteiger partial charge in [0.2, 0.25) is 5.88 Å². The second kappa shape index (κ2) is 4.29. The highest BCUT2D eigenvalue weighted by molar-refractivity contribution is 5.95. The number of ether oxygens (including phenoxy) is 1. The summed E-state index contributed by atoms with van der Waals surface area (Å²) >= 11 is 0. The first kappa shape index (κ1) is 12.4. The molecule has 0 amide bonds. The number of rotatable bonds is 2. The lowest BCUT2D eigenvalue weighted by molar-refractivity contribution is 0.0678. The Bertz CT molecular complexity index is 600. The zero-order chi connectivity index (χ0) is 13.3. The number of carboxylic acid groups (broad SMARTS) is 1. The van der Waals surface area contributed by atoms with E-state index in [9.17, 15) is 9.90 Å². The maximum atomic E-state index is 11.2. The van der Waals surface area contributed by atoms with Gasteiger partial charge in [0.25, 0.3) is 0 Å². The molecule has 0 fully saturated rings. The first-order chi connectivity index (χ1) is 8.37. The van der Waals surface area contributed by atoms with Gasteiger partial charge in [-0.15, -0.1) is 0 Å². The minimum atomic E-state index is -1.03. The molecule has 1 aromatic heterocycles. The summed E-state index contributed by atoms with van der Waals surface area (Å²) < 4.78 is 5.61. The maximum absolute atomic E-state index is 11.2. The third kappa shape index (κ3) is 2.59. The van der Waals surface area contributed by atoms with E-state index >= 15 is 0 Å². The third-order valence-electron chi connectivity index (χ3n) is 2.32. The summed E-state index contributed by atoms with van der Waals surface area (Å²) in [7, 11) is 0. The van der Waals surface area contributed by atoms with Crippen molar-refractivity contribution in [3.05, 3.63) is 35.9 Å². The van der Waals surface area contributed by atoms with Gasteiger partial charge >= 0.3 is 5.97 Å². The van der Waals surface area contributed by atoms with Gasteiger partial charge in [-0.3, -0.25) is 0 Å². The van der Waals surface area contributed by atoms with Crippen molar-refractivity contribution in [3.8, 4) is 5.88 Å². The number of carboxylic acids is 1. The molecule has 0 aliphatic rings. The third-order valence-corrected chi connectivity index (χ3v) is 2.32. The Hall–Kier alpha value is -2.10.